The van der Waals surface area contributed by atoms with Gasteiger partial charge in [-0.25, -0.2) is 0 Å². The highest BCUT2D eigenvalue weighted by Gasteiger charge is 2.48. The Hall–Kier alpha value is -1.50. The van der Waals surface area contributed by atoms with E-state index in [0.29, 0.717) is 66.1 Å². The molecule has 74 heavy (non-hydrogen) atoms. The zero-order valence-electron chi connectivity index (χ0n) is 49.6. The van der Waals surface area contributed by atoms with Gasteiger partial charge >= 0.3 is 11.9 Å². The lowest BCUT2D eigenvalue weighted by atomic mass is 10.0. The highest BCUT2D eigenvalue weighted by atomic mass is 16.8. The summed E-state index contributed by atoms with van der Waals surface area (Å²) in [5.41, 5.74) is 6.56. The summed E-state index contributed by atoms with van der Waals surface area (Å²) >= 11 is 0. The predicted octanol–water partition coefficient (Wildman–Crippen LogP) is 13.5. The van der Waals surface area contributed by atoms with Gasteiger partial charge in [-0.1, -0.05) is 158 Å². The van der Waals surface area contributed by atoms with E-state index in [9.17, 15) is 9.59 Å². The standard InChI is InChI=1S/C59H117NO14/c1-11-21-29-39-67-56(49-63-19-9,68-40-30-22-12-2)47-58(71-43-33-25-15-5,72-44-34-26-16-6)51-65-54(61)38-37-53(60)55(62)66-52-59(73-45-35-27-17-7,74-46-36-28-18-8)48-57(50-64-20-10,69-41-31-23-13-3)70-42-32-24-14-4/h53H,11-52,60H2,1-10H3/t53-/m0/s1. The van der Waals surface area contributed by atoms with Crippen molar-refractivity contribution in [2.24, 2.45) is 5.73 Å². The van der Waals surface area contributed by atoms with Crippen LogP contribution in [0.2, 0.25) is 0 Å². The average molecular weight is 1060 g/mol. The van der Waals surface area contributed by atoms with Gasteiger partial charge in [-0.05, 0) is 71.6 Å². The van der Waals surface area contributed by atoms with Gasteiger partial charge in [0.25, 0.3) is 0 Å². The molecule has 0 aliphatic carbocycles. The van der Waals surface area contributed by atoms with Gasteiger partial charge < -0.3 is 62.6 Å². The van der Waals surface area contributed by atoms with E-state index in [4.69, 9.17) is 62.6 Å². The largest absolute Gasteiger partial charge is 0.460 e. The average Bonchev–Trinajstić information content (AvgIpc) is 3.40. The number of ether oxygens (including phenoxy) is 12. The smallest absolute Gasteiger partial charge is 0.323 e. The summed E-state index contributed by atoms with van der Waals surface area (Å²) < 4.78 is 78.0. The molecule has 0 aromatic heterocycles. The van der Waals surface area contributed by atoms with Crippen molar-refractivity contribution in [2.75, 3.05) is 92.5 Å². The van der Waals surface area contributed by atoms with Crippen LogP contribution in [0.15, 0.2) is 0 Å². The van der Waals surface area contributed by atoms with Crippen molar-refractivity contribution in [3.8, 4) is 0 Å². The molecule has 0 saturated heterocycles. The van der Waals surface area contributed by atoms with Crippen LogP contribution in [0.1, 0.15) is 249 Å². The Bertz CT molecular complexity index is 1210. The Morgan fingerprint density at radius 3 is 0.838 bits per heavy atom. The maximum atomic E-state index is 14.0. The molecule has 0 radical (unpaired) electrons. The van der Waals surface area contributed by atoms with E-state index in [1.807, 2.05) is 13.8 Å². The van der Waals surface area contributed by atoms with Crippen molar-refractivity contribution in [2.45, 2.75) is 278 Å². The van der Waals surface area contributed by atoms with Crippen LogP contribution >= 0.6 is 0 Å². The van der Waals surface area contributed by atoms with Gasteiger partial charge in [-0.2, -0.15) is 0 Å². The molecule has 15 heteroatoms. The van der Waals surface area contributed by atoms with Crippen LogP contribution in [0, 0.1) is 0 Å². The summed E-state index contributed by atoms with van der Waals surface area (Å²) in [6.45, 7) is 25.2. The molecule has 0 rings (SSSR count). The first-order chi connectivity index (χ1) is 35.9. The quantitative estimate of drug-likeness (QED) is 0.0346. The molecule has 0 aromatic carbocycles. The Balaban J connectivity index is 6.83. The van der Waals surface area contributed by atoms with Crippen LogP contribution in [-0.2, 0) is 66.4 Å². The summed E-state index contributed by atoms with van der Waals surface area (Å²) in [6.07, 6.45) is 22.8. The Kier molecular flexibility index (Phi) is 47.6. The summed E-state index contributed by atoms with van der Waals surface area (Å²) in [5.74, 6) is -6.52. The van der Waals surface area contributed by atoms with E-state index < -0.39 is 41.1 Å². The van der Waals surface area contributed by atoms with Crippen LogP contribution in [-0.4, -0.2) is 134 Å². The zero-order chi connectivity index (χ0) is 54.9. The van der Waals surface area contributed by atoms with Crippen molar-refractivity contribution < 1.29 is 66.4 Å². The Labute approximate surface area is 453 Å². The summed E-state index contributed by atoms with van der Waals surface area (Å²) in [6, 6.07) is -1.14. The minimum absolute atomic E-state index is 0.0220. The molecule has 0 fully saturated rings. The molecule has 0 unspecified atom stereocenters. The topological polar surface area (TPSA) is 171 Å². The maximum absolute atomic E-state index is 14.0. The molecule has 1 atom stereocenters. The Morgan fingerprint density at radius 2 is 0.595 bits per heavy atom. The molecule has 0 heterocycles. The monoisotopic (exact) mass is 1060 g/mol. The number of hydrogen-bond donors (Lipinski definition) is 1. The van der Waals surface area contributed by atoms with E-state index >= 15 is 0 Å². The maximum Gasteiger partial charge on any atom is 0.323 e. The SMILES string of the molecule is CCCCCOC(COCC)(CC(COC(=O)CC[C@H](N)C(=O)OCC(CC(COCC)(OCCCCC)OCCCCC)(OCCCCC)OCCCCC)(OCCCCC)OCCCCC)OCCCCC. The second kappa shape index (κ2) is 48.6. The lowest BCUT2D eigenvalue weighted by Gasteiger charge is -2.42. The molecule has 0 amide bonds. The van der Waals surface area contributed by atoms with Crippen molar-refractivity contribution in [3.05, 3.63) is 0 Å². The first kappa shape index (κ1) is 72.5. The third-order valence-corrected chi connectivity index (χ3v) is 12.9. The number of rotatable bonds is 58. The zero-order valence-corrected chi connectivity index (χ0v) is 49.6. The molecule has 0 aromatic rings. The lowest BCUT2D eigenvalue weighted by molar-refractivity contribution is -0.337. The fourth-order valence-corrected chi connectivity index (χ4v) is 8.27. The number of esters is 2. The van der Waals surface area contributed by atoms with Gasteiger partial charge in [0.1, 0.15) is 32.5 Å². The molecule has 442 valence electrons. The second-order valence-electron chi connectivity index (χ2n) is 20.1. The summed E-state index contributed by atoms with van der Waals surface area (Å²) in [7, 11) is 0. The van der Waals surface area contributed by atoms with Crippen molar-refractivity contribution in [1.82, 2.24) is 0 Å². The predicted molar refractivity (Wildman–Crippen MR) is 296 cm³/mol. The molecule has 0 bridgehead atoms. The van der Waals surface area contributed by atoms with Gasteiger partial charge in [0, 0.05) is 19.6 Å². The normalized spacial score (nSPS) is 13.0. The van der Waals surface area contributed by atoms with Gasteiger partial charge in [-0.15, -0.1) is 0 Å². The molecule has 0 saturated carbocycles. The highest BCUT2D eigenvalue weighted by molar-refractivity contribution is 5.77. The highest BCUT2D eigenvalue weighted by Crippen LogP contribution is 2.35. The molecule has 0 aliphatic heterocycles. The van der Waals surface area contributed by atoms with Gasteiger partial charge in [0.15, 0.2) is 11.6 Å². The molecular weight excluding hydrogens is 947 g/mol. The fourth-order valence-electron chi connectivity index (χ4n) is 8.27. The van der Waals surface area contributed by atoms with E-state index in [1.165, 1.54) is 0 Å². The van der Waals surface area contributed by atoms with Crippen molar-refractivity contribution >= 4 is 11.9 Å². The third-order valence-electron chi connectivity index (χ3n) is 12.9. The van der Waals surface area contributed by atoms with Gasteiger partial charge in [-0.3, -0.25) is 9.59 Å². The molecule has 0 spiro atoms. The van der Waals surface area contributed by atoms with E-state index in [1.54, 1.807) is 0 Å². The van der Waals surface area contributed by atoms with Crippen LogP contribution < -0.4 is 5.73 Å². The van der Waals surface area contributed by atoms with Crippen molar-refractivity contribution in [1.29, 1.82) is 0 Å². The van der Waals surface area contributed by atoms with E-state index in [0.717, 1.165) is 154 Å². The summed E-state index contributed by atoms with van der Waals surface area (Å²) in [4.78, 5) is 27.8. The first-order valence-corrected chi connectivity index (χ1v) is 30.3. The van der Waals surface area contributed by atoms with E-state index in [-0.39, 0.29) is 52.1 Å². The molecule has 2 N–H and O–H groups in total. The number of unbranched alkanes of at least 4 members (excludes halogenated alkanes) is 16. The molecular formula is C59H117NO14. The third kappa shape index (κ3) is 35.8. The number of nitrogens with two attached hydrogens (primary N) is 1. The van der Waals surface area contributed by atoms with Crippen LogP contribution in [0.3, 0.4) is 0 Å². The minimum Gasteiger partial charge on any atom is -0.460 e. The number of carbonyl (C=O) groups is 2. The van der Waals surface area contributed by atoms with Crippen LogP contribution in [0.5, 0.6) is 0 Å². The fraction of sp³-hybridized carbons (Fsp3) is 0.966. The first-order valence-electron chi connectivity index (χ1n) is 30.3. The van der Waals surface area contributed by atoms with Crippen molar-refractivity contribution in [3.63, 3.8) is 0 Å². The molecule has 15 nitrogen and oxygen atoms in total. The summed E-state index contributed by atoms with van der Waals surface area (Å²) in [5, 5.41) is 0. The lowest BCUT2D eigenvalue weighted by Crippen LogP contribution is -2.54. The number of hydrogen-bond acceptors (Lipinski definition) is 15. The minimum atomic E-state index is -1.43. The Morgan fingerprint density at radius 1 is 0.351 bits per heavy atom. The van der Waals surface area contributed by atoms with Crippen LogP contribution in [0.25, 0.3) is 0 Å². The van der Waals surface area contributed by atoms with Gasteiger partial charge in [0.05, 0.1) is 65.7 Å². The van der Waals surface area contributed by atoms with Gasteiger partial charge in [0.2, 0.25) is 11.6 Å². The number of carbonyl (C=O) groups excluding carboxylic acids is 2. The van der Waals surface area contributed by atoms with Crippen LogP contribution in [0.4, 0.5) is 0 Å². The molecule has 0 aliphatic rings. The van der Waals surface area contributed by atoms with E-state index in [2.05, 4.69) is 55.4 Å². The second-order valence-corrected chi connectivity index (χ2v) is 20.1.